The Hall–Kier alpha value is -4.51. The molecule has 2 aliphatic rings. The van der Waals surface area contributed by atoms with E-state index in [1.807, 2.05) is 0 Å². The molecule has 2 aromatic carbocycles. The number of alkyl halides is 3. The summed E-state index contributed by atoms with van der Waals surface area (Å²) in [6.07, 6.45) is -4.74. The van der Waals surface area contributed by atoms with Crippen LogP contribution in [0.15, 0.2) is 53.3 Å². The monoisotopic (exact) mass is 564 g/mol. The number of aliphatic hydroxyl groups is 1. The van der Waals surface area contributed by atoms with Crippen molar-refractivity contribution >= 4 is 22.7 Å². The number of benzene rings is 2. The molecule has 1 atom stereocenters. The van der Waals surface area contributed by atoms with Crippen LogP contribution in [0.25, 0.3) is 22.3 Å². The van der Waals surface area contributed by atoms with E-state index in [0.717, 1.165) is 24.3 Å². The lowest BCUT2D eigenvalue weighted by Gasteiger charge is -2.26. The van der Waals surface area contributed by atoms with Crippen LogP contribution < -0.4 is 10.3 Å². The van der Waals surface area contributed by atoms with Crippen LogP contribution in [0, 0.1) is 0 Å². The third kappa shape index (κ3) is 4.19. The number of cyclic esters (lactones) is 1. The number of hydrogen-bond acceptors (Lipinski definition) is 7. The number of esters is 1. The fourth-order valence-electron chi connectivity index (χ4n) is 5.60. The molecule has 8 nitrogen and oxygen atoms in total. The van der Waals surface area contributed by atoms with Gasteiger partial charge in [0.05, 0.1) is 48.1 Å². The summed E-state index contributed by atoms with van der Waals surface area (Å²) in [7, 11) is 1.46. The Labute approximate surface area is 231 Å². The van der Waals surface area contributed by atoms with E-state index in [-0.39, 0.29) is 48.2 Å². The van der Waals surface area contributed by atoms with Crippen LogP contribution in [0.1, 0.15) is 57.9 Å². The van der Waals surface area contributed by atoms with Crippen molar-refractivity contribution in [1.29, 1.82) is 0 Å². The summed E-state index contributed by atoms with van der Waals surface area (Å²) in [5.41, 5.74) is -0.913. The van der Waals surface area contributed by atoms with Gasteiger partial charge < -0.3 is 19.1 Å². The van der Waals surface area contributed by atoms with Gasteiger partial charge in [-0.2, -0.15) is 13.2 Å². The van der Waals surface area contributed by atoms with Crippen LogP contribution in [-0.4, -0.2) is 33.5 Å². The smallest absolute Gasteiger partial charge is 0.416 e. The summed E-state index contributed by atoms with van der Waals surface area (Å²) in [5, 5.41) is 11.8. The minimum atomic E-state index is -4.56. The van der Waals surface area contributed by atoms with Gasteiger partial charge in [-0.3, -0.25) is 14.4 Å². The zero-order valence-electron chi connectivity index (χ0n) is 22.0. The summed E-state index contributed by atoms with van der Waals surface area (Å²) < 4.78 is 51.5. The molecular weight excluding hydrogens is 541 g/mol. The Morgan fingerprint density at radius 2 is 1.85 bits per heavy atom. The number of fused-ring (bicyclic) bond motifs is 5. The first-order chi connectivity index (χ1) is 19.4. The number of hydrogen-bond donors (Lipinski definition) is 1. The molecule has 0 bridgehead atoms. The predicted molar refractivity (Wildman–Crippen MR) is 141 cm³/mol. The highest BCUT2D eigenvalue weighted by Gasteiger charge is 2.40. The van der Waals surface area contributed by atoms with Crippen LogP contribution in [0.2, 0.25) is 0 Å². The maximum atomic E-state index is 14.0. The quantitative estimate of drug-likeness (QED) is 0.249. The van der Waals surface area contributed by atoms with Crippen molar-refractivity contribution in [1.82, 2.24) is 9.55 Å². The highest BCUT2D eigenvalue weighted by atomic mass is 19.4. The van der Waals surface area contributed by atoms with Gasteiger partial charge in [0.15, 0.2) is 5.78 Å². The van der Waals surface area contributed by atoms with Crippen LogP contribution in [0.4, 0.5) is 13.2 Å². The van der Waals surface area contributed by atoms with Gasteiger partial charge in [-0.25, -0.2) is 4.98 Å². The molecule has 1 N–H and O–H groups in total. The molecule has 0 spiro atoms. The largest absolute Gasteiger partial charge is 0.497 e. The normalized spacial score (nSPS) is 17.9. The maximum Gasteiger partial charge on any atom is 0.416 e. The Kier molecular flexibility index (Phi) is 6.04. The molecule has 0 amide bonds. The fraction of sp³-hybridized carbons (Fsp3) is 0.267. The third-order valence-corrected chi connectivity index (χ3v) is 7.85. The second-order valence-corrected chi connectivity index (χ2v) is 10.1. The first-order valence-electron chi connectivity index (χ1n) is 12.8. The van der Waals surface area contributed by atoms with Gasteiger partial charge in [-0.05, 0) is 48.4 Å². The summed E-state index contributed by atoms with van der Waals surface area (Å²) >= 11 is 0. The third-order valence-electron chi connectivity index (χ3n) is 7.85. The molecule has 0 saturated carbocycles. The van der Waals surface area contributed by atoms with Crippen molar-refractivity contribution in [2.45, 2.75) is 44.7 Å². The van der Waals surface area contributed by atoms with Crippen molar-refractivity contribution in [3.8, 4) is 17.1 Å². The molecule has 6 rings (SSSR count). The highest BCUT2D eigenvalue weighted by molar-refractivity contribution is 6.18. The molecule has 0 fully saturated rings. The van der Waals surface area contributed by atoms with Gasteiger partial charge in [0, 0.05) is 22.1 Å². The van der Waals surface area contributed by atoms with Crippen molar-refractivity contribution in [3.05, 3.63) is 92.3 Å². The van der Waals surface area contributed by atoms with E-state index in [1.165, 1.54) is 11.7 Å². The van der Waals surface area contributed by atoms with Gasteiger partial charge in [0.2, 0.25) is 0 Å². The van der Waals surface area contributed by atoms with E-state index < -0.39 is 34.7 Å². The van der Waals surface area contributed by atoms with Crippen molar-refractivity contribution in [2.24, 2.45) is 0 Å². The first-order valence-corrected chi connectivity index (χ1v) is 12.8. The van der Waals surface area contributed by atoms with Crippen molar-refractivity contribution in [2.75, 3.05) is 7.11 Å². The number of nitrogens with zero attached hydrogens (tertiary/aromatic N) is 2. The van der Waals surface area contributed by atoms with E-state index in [2.05, 4.69) is 0 Å². The summed E-state index contributed by atoms with van der Waals surface area (Å²) in [6.45, 7) is 1.33. The van der Waals surface area contributed by atoms with Crippen molar-refractivity contribution < 1.29 is 37.3 Å². The second-order valence-electron chi connectivity index (χ2n) is 10.1. The number of rotatable bonds is 4. The zero-order valence-corrected chi connectivity index (χ0v) is 22.0. The molecule has 0 radical (unpaired) electrons. The van der Waals surface area contributed by atoms with Gasteiger partial charge in [-0.15, -0.1) is 0 Å². The Morgan fingerprint density at radius 3 is 2.51 bits per heavy atom. The number of methoxy groups -OCH3 is 1. The van der Waals surface area contributed by atoms with Gasteiger partial charge >= 0.3 is 12.1 Å². The second kappa shape index (κ2) is 9.27. The molecule has 4 heterocycles. The minimum Gasteiger partial charge on any atom is -0.497 e. The van der Waals surface area contributed by atoms with Crippen molar-refractivity contribution in [3.63, 3.8) is 0 Å². The Morgan fingerprint density at radius 1 is 1.12 bits per heavy atom. The SMILES string of the molecule is CCC1(O)CC(=O)OCc2c1cc1n(c2=O)Cc2c-1nc1ccc(OC)cc1c2C(=O)c1ccc(C(F)(F)F)cc1. The van der Waals surface area contributed by atoms with Gasteiger partial charge in [0.1, 0.15) is 18.0 Å². The average molecular weight is 565 g/mol. The first kappa shape index (κ1) is 26.7. The van der Waals surface area contributed by atoms with E-state index >= 15 is 0 Å². The molecule has 1 unspecified atom stereocenters. The Balaban J connectivity index is 1.60. The highest BCUT2D eigenvalue weighted by Crippen LogP contribution is 2.41. The number of aromatic nitrogens is 2. The van der Waals surface area contributed by atoms with Crippen LogP contribution in [0.3, 0.4) is 0 Å². The van der Waals surface area contributed by atoms with Crippen LogP contribution in [0.5, 0.6) is 5.75 Å². The number of ketones is 1. The number of halogens is 3. The average Bonchev–Trinajstić information content (AvgIpc) is 3.26. The van der Waals surface area contributed by atoms with E-state index in [4.69, 9.17) is 14.5 Å². The fourth-order valence-corrected chi connectivity index (χ4v) is 5.60. The van der Waals surface area contributed by atoms with Crippen LogP contribution in [-0.2, 0) is 34.5 Å². The molecule has 41 heavy (non-hydrogen) atoms. The number of carbonyl (C=O) groups excluding carboxylic acids is 2. The zero-order chi connectivity index (χ0) is 29.3. The molecule has 11 heteroatoms. The number of carbonyl (C=O) groups is 2. The lowest BCUT2D eigenvalue weighted by molar-refractivity contribution is -0.149. The van der Waals surface area contributed by atoms with E-state index in [0.29, 0.717) is 33.6 Å². The predicted octanol–water partition coefficient (Wildman–Crippen LogP) is 4.73. The molecule has 2 aliphatic heterocycles. The van der Waals surface area contributed by atoms with E-state index in [9.17, 15) is 32.7 Å². The van der Waals surface area contributed by atoms with Gasteiger partial charge in [-0.1, -0.05) is 19.1 Å². The topological polar surface area (TPSA) is 108 Å². The van der Waals surface area contributed by atoms with Crippen LogP contribution >= 0.6 is 0 Å². The molecule has 0 saturated heterocycles. The number of ether oxygens (including phenoxy) is 2. The summed E-state index contributed by atoms with van der Waals surface area (Å²) in [4.78, 5) is 44.7. The minimum absolute atomic E-state index is 0.0295. The number of pyridine rings is 2. The molecule has 0 aliphatic carbocycles. The summed E-state index contributed by atoms with van der Waals surface area (Å²) in [5.74, 6) is -0.732. The molecule has 2 aromatic heterocycles. The Bertz CT molecular complexity index is 1830. The molecular formula is C30H23F3N2O6. The standard InChI is InChI=1S/C30H23F3N2O6/c1-3-29(39)12-24(36)41-14-20-21(29)11-23-26-19(13-35(23)28(20)38)25(18-10-17(40-2)8-9-22(18)34-26)27(37)15-4-6-16(7-5-15)30(31,32)33/h4-11,39H,3,12-14H2,1-2H3. The lowest BCUT2D eigenvalue weighted by atomic mass is 9.85. The van der Waals surface area contributed by atoms with Gasteiger partial charge in [0.25, 0.3) is 5.56 Å². The lowest BCUT2D eigenvalue weighted by Crippen LogP contribution is -2.32. The summed E-state index contributed by atoms with van der Waals surface area (Å²) in [6, 6.07) is 10.5. The molecule has 210 valence electrons. The van der Waals surface area contributed by atoms with E-state index in [1.54, 1.807) is 31.2 Å². The molecule has 4 aromatic rings. The maximum absolute atomic E-state index is 14.0.